The molecule has 18 heavy (non-hydrogen) atoms. The Balaban J connectivity index is 1.83. The monoisotopic (exact) mass is 250 g/mol. The van der Waals surface area contributed by atoms with Crippen LogP contribution in [0.25, 0.3) is 0 Å². The lowest BCUT2D eigenvalue weighted by molar-refractivity contribution is 0.239. The number of halogens is 1. The number of hydrogen-bond donors (Lipinski definition) is 1. The Morgan fingerprint density at radius 1 is 1.33 bits per heavy atom. The van der Waals surface area contributed by atoms with Gasteiger partial charge < -0.3 is 10.2 Å². The van der Waals surface area contributed by atoms with Gasteiger partial charge in [0.15, 0.2) is 0 Å². The number of nitrogens with zero attached hydrogens (tertiary/aromatic N) is 1. The first-order valence-electron chi connectivity index (χ1n) is 6.95. The van der Waals surface area contributed by atoms with E-state index in [1.54, 1.807) is 12.1 Å². The minimum atomic E-state index is -0.0698. The van der Waals surface area contributed by atoms with Gasteiger partial charge in [-0.15, -0.1) is 0 Å². The highest BCUT2D eigenvalue weighted by Crippen LogP contribution is 2.09. The highest BCUT2D eigenvalue weighted by molar-refractivity contribution is 5.17. The van der Waals surface area contributed by atoms with Crippen LogP contribution in [-0.4, -0.2) is 37.1 Å². The second-order valence-corrected chi connectivity index (χ2v) is 5.18. The smallest absolute Gasteiger partial charge is 0.126 e. The Labute approximate surface area is 109 Å². The molecule has 0 radical (unpaired) electrons. The summed E-state index contributed by atoms with van der Waals surface area (Å²) in [7, 11) is 0. The normalized spacial score (nSPS) is 22.4. The maximum absolute atomic E-state index is 13.5. The van der Waals surface area contributed by atoms with E-state index in [9.17, 15) is 4.39 Å². The summed E-state index contributed by atoms with van der Waals surface area (Å²) in [5.41, 5.74) is 0.839. The molecule has 1 fully saturated rings. The van der Waals surface area contributed by atoms with E-state index in [-0.39, 0.29) is 5.82 Å². The third-order valence-corrected chi connectivity index (χ3v) is 3.68. The summed E-state index contributed by atoms with van der Waals surface area (Å²) >= 11 is 0. The van der Waals surface area contributed by atoms with Crippen LogP contribution in [0, 0.1) is 5.82 Å². The molecule has 0 bridgehead atoms. The predicted octanol–water partition coefficient (Wildman–Crippen LogP) is 2.44. The summed E-state index contributed by atoms with van der Waals surface area (Å²) in [6.07, 6.45) is 3.17. The van der Waals surface area contributed by atoms with Crippen LogP contribution in [0.15, 0.2) is 24.3 Å². The van der Waals surface area contributed by atoms with Crippen molar-refractivity contribution < 1.29 is 4.39 Å². The van der Waals surface area contributed by atoms with Gasteiger partial charge in [0.1, 0.15) is 5.82 Å². The van der Waals surface area contributed by atoms with Crippen LogP contribution in [0.1, 0.15) is 25.3 Å². The molecular weight excluding hydrogens is 227 g/mol. The van der Waals surface area contributed by atoms with E-state index in [0.717, 1.165) is 38.2 Å². The maximum Gasteiger partial charge on any atom is 0.126 e. The molecule has 2 rings (SSSR count). The zero-order valence-electron chi connectivity index (χ0n) is 11.2. The number of benzene rings is 1. The van der Waals surface area contributed by atoms with E-state index in [2.05, 4.69) is 17.1 Å². The SMILES string of the molecule is CC1CCN(CCc2ccccc2F)CCCN1. The average molecular weight is 250 g/mol. The number of hydrogen-bond acceptors (Lipinski definition) is 2. The van der Waals surface area contributed by atoms with Crippen molar-refractivity contribution in [3.05, 3.63) is 35.6 Å². The summed E-state index contributed by atoms with van der Waals surface area (Å²) in [5.74, 6) is -0.0698. The van der Waals surface area contributed by atoms with Gasteiger partial charge in [-0.25, -0.2) is 4.39 Å². The molecular formula is C15H23FN2. The predicted molar refractivity (Wildman–Crippen MR) is 73.2 cm³/mol. The van der Waals surface area contributed by atoms with Crippen LogP contribution in [0.3, 0.4) is 0 Å². The van der Waals surface area contributed by atoms with Gasteiger partial charge in [-0.3, -0.25) is 0 Å². The average Bonchev–Trinajstić information content (AvgIpc) is 2.35. The molecule has 0 aliphatic carbocycles. The highest BCUT2D eigenvalue weighted by atomic mass is 19.1. The van der Waals surface area contributed by atoms with E-state index in [1.807, 2.05) is 12.1 Å². The molecule has 0 spiro atoms. The standard InChI is InChI=1S/C15H23FN2/c1-13-7-11-18(10-4-9-17-13)12-8-14-5-2-3-6-15(14)16/h2-3,5-6,13,17H,4,7-12H2,1H3. The first-order valence-corrected chi connectivity index (χ1v) is 6.95. The van der Waals surface area contributed by atoms with Crippen LogP contribution in [0.5, 0.6) is 0 Å². The molecule has 1 aliphatic rings. The van der Waals surface area contributed by atoms with Crippen molar-refractivity contribution in [1.29, 1.82) is 0 Å². The minimum Gasteiger partial charge on any atom is -0.314 e. The van der Waals surface area contributed by atoms with E-state index < -0.39 is 0 Å². The Morgan fingerprint density at radius 2 is 2.17 bits per heavy atom. The molecule has 1 unspecified atom stereocenters. The second-order valence-electron chi connectivity index (χ2n) is 5.18. The molecule has 1 aliphatic heterocycles. The summed E-state index contributed by atoms with van der Waals surface area (Å²) in [6.45, 7) is 6.53. The molecule has 100 valence electrons. The van der Waals surface area contributed by atoms with Gasteiger partial charge in [0, 0.05) is 12.6 Å². The molecule has 1 aromatic carbocycles. The lowest BCUT2D eigenvalue weighted by Crippen LogP contribution is -2.39. The number of nitrogens with one attached hydrogen (secondary N) is 1. The van der Waals surface area contributed by atoms with E-state index >= 15 is 0 Å². The van der Waals surface area contributed by atoms with Gasteiger partial charge in [-0.1, -0.05) is 18.2 Å². The Hall–Kier alpha value is -0.930. The fourth-order valence-electron chi connectivity index (χ4n) is 2.44. The Kier molecular flexibility index (Phi) is 5.14. The van der Waals surface area contributed by atoms with Gasteiger partial charge >= 0.3 is 0 Å². The van der Waals surface area contributed by atoms with Crippen LogP contribution >= 0.6 is 0 Å². The van der Waals surface area contributed by atoms with E-state index in [4.69, 9.17) is 0 Å². The quantitative estimate of drug-likeness (QED) is 0.886. The summed E-state index contributed by atoms with van der Waals surface area (Å²) < 4.78 is 13.5. The molecule has 1 N–H and O–H groups in total. The maximum atomic E-state index is 13.5. The van der Waals surface area contributed by atoms with Gasteiger partial charge in [-0.05, 0) is 57.5 Å². The topological polar surface area (TPSA) is 15.3 Å². The summed E-state index contributed by atoms with van der Waals surface area (Å²) in [4.78, 5) is 2.46. The molecule has 0 saturated carbocycles. The Bertz CT molecular complexity index is 367. The third kappa shape index (κ3) is 4.07. The summed E-state index contributed by atoms with van der Waals surface area (Å²) in [6, 6.07) is 7.71. The van der Waals surface area contributed by atoms with Crippen molar-refractivity contribution in [3.63, 3.8) is 0 Å². The summed E-state index contributed by atoms with van der Waals surface area (Å²) in [5, 5.41) is 3.50. The fourth-order valence-corrected chi connectivity index (χ4v) is 2.44. The molecule has 1 aromatic rings. The first kappa shape index (κ1) is 13.5. The third-order valence-electron chi connectivity index (χ3n) is 3.68. The molecule has 2 nitrogen and oxygen atoms in total. The van der Waals surface area contributed by atoms with Crippen molar-refractivity contribution in [2.24, 2.45) is 0 Å². The largest absolute Gasteiger partial charge is 0.314 e. The van der Waals surface area contributed by atoms with Gasteiger partial charge in [0.25, 0.3) is 0 Å². The number of rotatable bonds is 3. The van der Waals surface area contributed by atoms with Gasteiger partial charge in [0.05, 0.1) is 0 Å². The van der Waals surface area contributed by atoms with Crippen LogP contribution < -0.4 is 5.32 Å². The molecule has 1 saturated heterocycles. The lowest BCUT2D eigenvalue weighted by Gasteiger charge is -2.27. The zero-order chi connectivity index (χ0) is 12.8. The van der Waals surface area contributed by atoms with Crippen LogP contribution in [0.2, 0.25) is 0 Å². The lowest BCUT2D eigenvalue weighted by atomic mass is 10.1. The van der Waals surface area contributed by atoms with Crippen molar-refractivity contribution >= 4 is 0 Å². The van der Waals surface area contributed by atoms with E-state index in [1.165, 1.54) is 12.8 Å². The van der Waals surface area contributed by atoms with Gasteiger partial charge in [-0.2, -0.15) is 0 Å². The fraction of sp³-hybridized carbons (Fsp3) is 0.600. The minimum absolute atomic E-state index is 0.0698. The molecule has 0 aromatic heterocycles. The molecule has 1 atom stereocenters. The molecule has 1 heterocycles. The first-order chi connectivity index (χ1) is 8.75. The second kappa shape index (κ2) is 6.86. The molecule has 3 heteroatoms. The zero-order valence-corrected chi connectivity index (χ0v) is 11.2. The van der Waals surface area contributed by atoms with Crippen molar-refractivity contribution in [2.45, 2.75) is 32.2 Å². The van der Waals surface area contributed by atoms with Gasteiger partial charge in [0.2, 0.25) is 0 Å². The van der Waals surface area contributed by atoms with Crippen LogP contribution in [0.4, 0.5) is 4.39 Å². The molecule has 0 amide bonds. The highest BCUT2D eigenvalue weighted by Gasteiger charge is 2.12. The van der Waals surface area contributed by atoms with Crippen LogP contribution in [-0.2, 0) is 6.42 Å². The van der Waals surface area contributed by atoms with E-state index in [0.29, 0.717) is 6.04 Å². The van der Waals surface area contributed by atoms with Crippen molar-refractivity contribution in [1.82, 2.24) is 10.2 Å². The Morgan fingerprint density at radius 3 is 3.00 bits per heavy atom. The van der Waals surface area contributed by atoms with Crippen molar-refractivity contribution in [2.75, 3.05) is 26.2 Å². The van der Waals surface area contributed by atoms with Crippen molar-refractivity contribution in [3.8, 4) is 0 Å².